The van der Waals surface area contributed by atoms with Crippen LogP contribution in [0.4, 0.5) is 0 Å². The predicted octanol–water partition coefficient (Wildman–Crippen LogP) is -0.947. The molecule has 0 fully saturated rings. The molecule has 128 valence electrons. The Balaban J connectivity index is 2.02. The van der Waals surface area contributed by atoms with E-state index in [2.05, 4.69) is 10.6 Å². The molecule has 0 aromatic rings. The summed E-state index contributed by atoms with van der Waals surface area (Å²) in [5.41, 5.74) is 5.37. The molecule has 23 heavy (non-hydrogen) atoms. The van der Waals surface area contributed by atoms with E-state index < -0.39 is 11.8 Å². The molecule has 0 saturated carbocycles. The summed E-state index contributed by atoms with van der Waals surface area (Å²) in [4.78, 5) is 46.7. The summed E-state index contributed by atoms with van der Waals surface area (Å²) in [7, 11) is 0. The molecule has 1 aliphatic heterocycles. The van der Waals surface area contributed by atoms with Crippen molar-refractivity contribution in [2.45, 2.75) is 32.1 Å². The van der Waals surface area contributed by atoms with Crippen LogP contribution in [0.15, 0.2) is 12.2 Å². The fourth-order valence-electron chi connectivity index (χ4n) is 2.05. The van der Waals surface area contributed by atoms with Gasteiger partial charge in [-0.25, -0.2) is 0 Å². The molecule has 0 spiro atoms. The molecular formula is C15H24N4O4. The van der Waals surface area contributed by atoms with Crippen LogP contribution >= 0.6 is 0 Å². The average Bonchev–Trinajstić information content (AvgIpc) is 2.85. The van der Waals surface area contributed by atoms with Crippen LogP contribution in [0.2, 0.25) is 0 Å². The molecule has 0 saturated heterocycles. The number of hydrogen-bond acceptors (Lipinski definition) is 5. The molecule has 8 heteroatoms. The van der Waals surface area contributed by atoms with Crippen molar-refractivity contribution in [2.75, 3.05) is 26.2 Å². The first-order chi connectivity index (χ1) is 11.0. The van der Waals surface area contributed by atoms with Crippen LogP contribution in [-0.2, 0) is 19.2 Å². The summed E-state index contributed by atoms with van der Waals surface area (Å²) in [5, 5.41) is 5.34. The normalized spacial score (nSPS) is 13.5. The van der Waals surface area contributed by atoms with E-state index in [1.165, 1.54) is 12.2 Å². The highest BCUT2D eigenvalue weighted by molar-refractivity contribution is 6.13. The first-order valence-electron chi connectivity index (χ1n) is 7.81. The van der Waals surface area contributed by atoms with Crippen LogP contribution in [0.3, 0.4) is 0 Å². The summed E-state index contributed by atoms with van der Waals surface area (Å²) >= 11 is 0. The molecule has 0 bridgehead atoms. The number of nitrogens with one attached hydrogen (secondary N) is 2. The predicted molar refractivity (Wildman–Crippen MR) is 84.0 cm³/mol. The lowest BCUT2D eigenvalue weighted by Gasteiger charge is -2.13. The summed E-state index contributed by atoms with van der Waals surface area (Å²) in [5.74, 6) is -1.11. The van der Waals surface area contributed by atoms with Crippen molar-refractivity contribution in [1.82, 2.24) is 15.5 Å². The summed E-state index contributed by atoms with van der Waals surface area (Å²) in [6, 6.07) is 0. The maximum absolute atomic E-state index is 11.6. The van der Waals surface area contributed by atoms with Gasteiger partial charge >= 0.3 is 0 Å². The topological polar surface area (TPSA) is 122 Å². The highest BCUT2D eigenvalue weighted by atomic mass is 16.2. The van der Waals surface area contributed by atoms with Crippen molar-refractivity contribution in [1.29, 1.82) is 0 Å². The van der Waals surface area contributed by atoms with Gasteiger partial charge in [-0.1, -0.05) is 6.42 Å². The third-order valence-corrected chi connectivity index (χ3v) is 3.34. The first-order valence-corrected chi connectivity index (χ1v) is 7.81. The molecule has 0 aromatic heterocycles. The van der Waals surface area contributed by atoms with Crippen molar-refractivity contribution in [3.05, 3.63) is 12.2 Å². The van der Waals surface area contributed by atoms with Crippen molar-refractivity contribution in [2.24, 2.45) is 5.73 Å². The Labute approximate surface area is 135 Å². The van der Waals surface area contributed by atoms with E-state index >= 15 is 0 Å². The quantitative estimate of drug-likeness (QED) is 0.334. The molecule has 4 amide bonds. The zero-order valence-corrected chi connectivity index (χ0v) is 13.2. The molecule has 0 aliphatic carbocycles. The number of nitrogens with zero attached hydrogens (tertiary/aromatic N) is 1. The lowest BCUT2D eigenvalue weighted by molar-refractivity contribution is -0.137. The number of hydrogen-bond donors (Lipinski definition) is 3. The number of nitrogens with two attached hydrogens (primary N) is 1. The number of carbonyl (C=O) groups is 4. The number of carbonyl (C=O) groups excluding carboxylic acids is 4. The van der Waals surface area contributed by atoms with Gasteiger partial charge in [0, 0.05) is 44.6 Å². The molecule has 1 rings (SSSR count). The maximum atomic E-state index is 11.6. The van der Waals surface area contributed by atoms with Gasteiger partial charge in [0.05, 0.1) is 0 Å². The lowest BCUT2D eigenvalue weighted by Crippen LogP contribution is -2.37. The van der Waals surface area contributed by atoms with E-state index in [1.54, 1.807) is 0 Å². The van der Waals surface area contributed by atoms with E-state index in [0.29, 0.717) is 26.1 Å². The highest BCUT2D eigenvalue weighted by Gasteiger charge is 2.23. The van der Waals surface area contributed by atoms with Crippen molar-refractivity contribution in [3.8, 4) is 0 Å². The molecule has 8 nitrogen and oxygen atoms in total. The van der Waals surface area contributed by atoms with Crippen LogP contribution in [0.5, 0.6) is 0 Å². The Hall–Kier alpha value is -2.22. The van der Waals surface area contributed by atoms with Gasteiger partial charge in [-0.2, -0.15) is 0 Å². The van der Waals surface area contributed by atoms with Crippen LogP contribution in [0.25, 0.3) is 0 Å². The zero-order valence-electron chi connectivity index (χ0n) is 13.2. The Kier molecular flexibility index (Phi) is 8.59. The van der Waals surface area contributed by atoms with Crippen molar-refractivity contribution >= 4 is 23.6 Å². The molecule has 0 unspecified atom stereocenters. The van der Waals surface area contributed by atoms with Gasteiger partial charge in [0.2, 0.25) is 11.8 Å². The van der Waals surface area contributed by atoms with E-state index in [9.17, 15) is 19.2 Å². The number of unbranched alkanes of at least 4 members (excludes halogenated alkanes) is 2. The molecule has 0 aromatic carbocycles. The number of imide groups is 1. The number of amides is 4. The largest absolute Gasteiger partial charge is 0.354 e. The first kappa shape index (κ1) is 18.8. The molecule has 0 atom stereocenters. The van der Waals surface area contributed by atoms with Crippen LogP contribution in [0.1, 0.15) is 32.1 Å². The molecule has 1 aliphatic rings. The minimum Gasteiger partial charge on any atom is -0.354 e. The van der Waals surface area contributed by atoms with E-state index in [1.807, 2.05) is 0 Å². The third-order valence-electron chi connectivity index (χ3n) is 3.34. The third kappa shape index (κ3) is 7.55. The molecular weight excluding hydrogens is 300 g/mol. The Morgan fingerprint density at radius 2 is 1.48 bits per heavy atom. The molecule has 1 heterocycles. The monoisotopic (exact) mass is 324 g/mol. The maximum Gasteiger partial charge on any atom is 0.253 e. The standard InChI is InChI=1S/C15H24N4O4/c16-8-3-1-2-4-12(20)17-9-10-18-13(21)7-11-19-14(22)5-6-15(19)23/h5-6H,1-4,7-11,16H2,(H,17,20)(H,18,21). The summed E-state index contributed by atoms with van der Waals surface area (Å²) in [6.45, 7) is 1.36. The van der Waals surface area contributed by atoms with Crippen LogP contribution in [0, 0.1) is 0 Å². The second-order valence-corrected chi connectivity index (χ2v) is 5.21. The van der Waals surface area contributed by atoms with Gasteiger partial charge in [-0.15, -0.1) is 0 Å². The Morgan fingerprint density at radius 1 is 0.913 bits per heavy atom. The smallest absolute Gasteiger partial charge is 0.253 e. The van der Waals surface area contributed by atoms with E-state index in [-0.39, 0.29) is 24.8 Å². The van der Waals surface area contributed by atoms with Crippen LogP contribution in [-0.4, -0.2) is 54.7 Å². The second-order valence-electron chi connectivity index (χ2n) is 5.21. The van der Waals surface area contributed by atoms with Crippen LogP contribution < -0.4 is 16.4 Å². The number of rotatable bonds is 11. The molecule has 0 radical (unpaired) electrons. The summed E-state index contributed by atoms with van der Waals surface area (Å²) < 4.78 is 0. The van der Waals surface area contributed by atoms with E-state index in [0.717, 1.165) is 24.2 Å². The van der Waals surface area contributed by atoms with Gasteiger partial charge in [0.1, 0.15) is 0 Å². The van der Waals surface area contributed by atoms with Crippen molar-refractivity contribution in [3.63, 3.8) is 0 Å². The second kappa shape index (κ2) is 10.5. The SMILES string of the molecule is NCCCCCC(=O)NCCNC(=O)CCN1C(=O)C=CC1=O. The van der Waals surface area contributed by atoms with Crippen molar-refractivity contribution < 1.29 is 19.2 Å². The Bertz CT molecular complexity index is 458. The molecule has 4 N–H and O–H groups in total. The van der Waals surface area contributed by atoms with Gasteiger partial charge in [0.15, 0.2) is 0 Å². The fourth-order valence-corrected chi connectivity index (χ4v) is 2.05. The summed E-state index contributed by atoms with van der Waals surface area (Å²) in [6.07, 6.45) is 5.53. The highest BCUT2D eigenvalue weighted by Crippen LogP contribution is 2.03. The average molecular weight is 324 g/mol. The van der Waals surface area contributed by atoms with Gasteiger partial charge in [0.25, 0.3) is 11.8 Å². The minimum atomic E-state index is -0.398. The Morgan fingerprint density at radius 3 is 2.04 bits per heavy atom. The lowest BCUT2D eigenvalue weighted by atomic mass is 10.2. The van der Waals surface area contributed by atoms with Gasteiger partial charge < -0.3 is 16.4 Å². The zero-order chi connectivity index (χ0) is 17.1. The van der Waals surface area contributed by atoms with E-state index in [4.69, 9.17) is 5.73 Å². The minimum absolute atomic E-state index is 0.0457. The van der Waals surface area contributed by atoms with Gasteiger partial charge in [-0.05, 0) is 19.4 Å². The van der Waals surface area contributed by atoms with Gasteiger partial charge in [-0.3, -0.25) is 24.1 Å². The fraction of sp³-hybridized carbons (Fsp3) is 0.600.